The molecular formula is C15H22N2O. The minimum atomic E-state index is -0.778. The zero-order valence-corrected chi connectivity index (χ0v) is 11.4. The number of benzene rings is 1. The van der Waals surface area contributed by atoms with E-state index < -0.39 is 5.54 Å². The van der Waals surface area contributed by atoms with Crippen molar-refractivity contribution in [1.29, 1.82) is 0 Å². The van der Waals surface area contributed by atoms with E-state index in [9.17, 15) is 4.79 Å². The minimum Gasteiger partial charge on any atom is -0.338 e. The number of likely N-dealkylation sites (tertiary alicyclic amines) is 1. The van der Waals surface area contributed by atoms with Gasteiger partial charge in [0.25, 0.3) is 0 Å². The monoisotopic (exact) mass is 246 g/mol. The maximum absolute atomic E-state index is 12.3. The van der Waals surface area contributed by atoms with Crippen molar-refractivity contribution in [2.75, 3.05) is 6.54 Å². The van der Waals surface area contributed by atoms with Crippen molar-refractivity contribution in [3.05, 3.63) is 35.9 Å². The van der Waals surface area contributed by atoms with Crippen LogP contribution in [0.5, 0.6) is 0 Å². The Morgan fingerprint density at radius 2 is 1.94 bits per heavy atom. The Balaban J connectivity index is 2.15. The van der Waals surface area contributed by atoms with E-state index in [2.05, 4.69) is 31.2 Å². The SMILES string of the molecule is CC1C(c2ccccc2)CCN1C(=O)C(C)(C)N. The molecule has 0 aromatic heterocycles. The largest absolute Gasteiger partial charge is 0.338 e. The molecule has 1 aromatic rings. The van der Waals surface area contributed by atoms with Gasteiger partial charge in [0, 0.05) is 18.5 Å². The van der Waals surface area contributed by atoms with E-state index in [4.69, 9.17) is 5.73 Å². The van der Waals surface area contributed by atoms with Crippen molar-refractivity contribution < 1.29 is 4.79 Å². The topological polar surface area (TPSA) is 46.3 Å². The predicted octanol–water partition coefficient (Wildman–Crippen LogP) is 2.13. The fraction of sp³-hybridized carbons (Fsp3) is 0.533. The molecule has 2 unspecified atom stereocenters. The molecule has 1 fully saturated rings. The third-order valence-electron chi connectivity index (χ3n) is 3.79. The Morgan fingerprint density at radius 3 is 2.50 bits per heavy atom. The first-order valence-corrected chi connectivity index (χ1v) is 6.56. The number of nitrogens with two attached hydrogens (primary N) is 1. The molecule has 18 heavy (non-hydrogen) atoms. The molecule has 1 amide bonds. The molecule has 1 heterocycles. The van der Waals surface area contributed by atoms with Gasteiger partial charge in [-0.05, 0) is 32.8 Å². The normalized spacial score (nSPS) is 24.3. The summed E-state index contributed by atoms with van der Waals surface area (Å²) < 4.78 is 0. The van der Waals surface area contributed by atoms with Crippen LogP contribution in [0.25, 0.3) is 0 Å². The van der Waals surface area contributed by atoms with Crippen molar-refractivity contribution in [3.8, 4) is 0 Å². The van der Waals surface area contributed by atoms with Gasteiger partial charge in [0.15, 0.2) is 0 Å². The Bertz CT molecular complexity index is 422. The summed E-state index contributed by atoms with van der Waals surface area (Å²) in [5, 5.41) is 0. The van der Waals surface area contributed by atoms with Crippen LogP contribution in [0.15, 0.2) is 30.3 Å². The van der Waals surface area contributed by atoms with Gasteiger partial charge in [-0.3, -0.25) is 4.79 Å². The van der Waals surface area contributed by atoms with E-state index in [1.54, 1.807) is 13.8 Å². The first-order chi connectivity index (χ1) is 8.41. The predicted molar refractivity (Wildman–Crippen MR) is 73.2 cm³/mol. The van der Waals surface area contributed by atoms with Crippen molar-refractivity contribution in [3.63, 3.8) is 0 Å². The lowest BCUT2D eigenvalue weighted by molar-refractivity contribution is -0.136. The van der Waals surface area contributed by atoms with E-state index >= 15 is 0 Å². The third-order valence-corrected chi connectivity index (χ3v) is 3.79. The van der Waals surface area contributed by atoms with Crippen molar-refractivity contribution in [2.45, 2.75) is 44.7 Å². The van der Waals surface area contributed by atoms with Crippen molar-refractivity contribution >= 4 is 5.91 Å². The molecule has 3 heteroatoms. The highest BCUT2D eigenvalue weighted by molar-refractivity contribution is 5.85. The van der Waals surface area contributed by atoms with E-state index in [0.717, 1.165) is 13.0 Å². The smallest absolute Gasteiger partial charge is 0.242 e. The summed E-state index contributed by atoms with van der Waals surface area (Å²) in [4.78, 5) is 14.2. The lowest BCUT2D eigenvalue weighted by Gasteiger charge is -2.30. The van der Waals surface area contributed by atoms with Gasteiger partial charge in [-0.1, -0.05) is 30.3 Å². The number of carbonyl (C=O) groups excluding carboxylic acids is 1. The molecule has 0 aliphatic carbocycles. The van der Waals surface area contributed by atoms with Gasteiger partial charge in [-0.2, -0.15) is 0 Å². The van der Waals surface area contributed by atoms with E-state index in [1.807, 2.05) is 11.0 Å². The van der Waals surface area contributed by atoms with Crippen molar-refractivity contribution in [1.82, 2.24) is 4.90 Å². The molecule has 1 aliphatic heterocycles. The Labute approximate surface area is 109 Å². The summed E-state index contributed by atoms with van der Waals surface area (Å²) in [6, 6.07) is 10.6. The molecule has 2 N–H and O–H groups in total. The quantitative estimate of drug-likeness (QED) is 0.869. The average molecular weight is 246 g/mol. The Kier molecular flexibility index (Phi) is 3.44. The minimum absolute atomic E-state index is 0.0495. The Morgan fingerprint density at radius 1 is 1.33 bits per heavy atom. The van der Waals surface area contributed by atoms with E-state index in [1.165, 1.54) is 5.56 Å². The summed E-state index contributed by atoms with van der Waals surface area (Å²) >= 11 is 0. The van der Waals surface area contributed by atoms with Crippen LogP contribution in [-0.4, -0.2) is 28.9 Å². The van der Waals surface area contributed by atoms with Gasteiger partial charge < -0.3 is 10.6 Å². The second-order valence-corrected chi connectivity index (χ2v) is 5.77. The summed E-state index contributed by atoms with van der Waals surface area (Å²) in [6.07, 6.45) is 1.02. The molecule has 2 atom stereocenters. The number of hydrogen-bond acceptors (Lipinski definition) is 2. The molecule has 3 nitrogen and oxygen atoms in total. The fourth-order valence-electron chi connectivity index (χ4n) is 2.74. The van der Waals surface area contributed by atoms with Gasteiger partial charge in [0.1, 0.15) is 0 Å². The van der Waals surface area contributed by atoms with Gasteiger partial charge in [0.05, 0.1) is 5.54 Å². The van der Waals surface area contributed by atoms with Crippen LogP contribution in [0.1, 0.15) is 38.7 Å². The first-order valence-electron chi connectivity index (χ1n) is 6.56. The molecule has 1 aliphatic rings. The van der Waals surface area contributed by atoms with Crippen molar-refractivity contribution in [2.24, 2.45) is 5.73 Å². The number of carbonyl (C=O) groups is 1. The number of nitrogens with zero attached hydrogens (tertiary/aromatic N) is 1. The van der Waals surface area contributed by atoms with Gasteiger partial charge in [-0.25, -0.2) is 0 Å². The van der Waals surface area contributed by atoms with Crippen LogP contribution in [0.4, 0.5) is 0 Å². The zero-order valence-electron chi connectivity index (χ0n) is 11.4. The van der Waals surface area contributed by atoms with Gasteiger partial charge in [0.2, 0.25) is 5.91 Å². The highest BCUT2D eigenvalue weighted by atomic mass is 16.2. The van der Waals surface area contributed by atoms with Gasteiger partial charge in [-0.15, -0.1) is 0 Å². The number of rotatable bonds is 2. The summed E-state index contributed by atoms with van der Waals surface area (Å²) in [5.74, 6) is 0.478. The van der Waals surface area contributed by atoms with E-state index in [0.29, 0.717) is 5.92 Å². The number of hydrogen-bond donors (Lipinski definition) is 1. The molecule has 0 radical (unpaired) electrons. The molecule has 1 aromatic carbocycles. The lowest BCUT2D eigenvalue weighted by Crippen LogP contribution is -2.52. The molecule has 2 rings (SSSR count). The Hall–Kier alpha value is -1.35. The average Bonchev–Trinajstić information content (AvgIpc) is 2.70. The lowest BCUT2D eigenvalue weighted by atomic mass is 9.92. The van der Waals surface area contributed by atoms with Crippen LogP contribution >= 0.6 is 0 Å². The fourth-order valence-corrected chi connectivity index (χ4v) is 2.74. The molecular weight excluding hydrogens is 224 g/mol. The first kappa shape index (κ1) is 13.1. The summed E-state index contributed by atoms with van der Waals surface area (Å²) in [5.41, 5.74) is 6.45. The molecule has 1 saturated heterocycles. The standard InChI is InChI=1S/C15H22N2O/c1-11-13(12-7-5-4-6-8-12)9-10-17(11)14(18)15(2,3)16/h4-8,11,13H,9-10,16H2,1-3H3. The molecule has 0 spiro atoms. The summed E-state index contributed by atoms with van der Waals surface area (Å²) in [6.45, 7) is 6.48. The summed E-state index contributed by atoms with van der Waals surface area (Å²) in [7, 11) is 0. The van der Waals surface area contributed by atoms with Gasteiger partial charge >= 0.3 is 0 Å². The maximum atomic E-state index is 12.3. The molecule has 0 saturated carbocycles. The number of amides is 1. The highest BCUT2D eigenvalue weighted by Gasteiger charge is 2.38. The molecule has 0 bridgehead atoms. The second-order valence-electron chi connectivity index (χ2n) is 5.77. The van der Waals surface area contributed by atoms with Crippen LogP contribution in [-0.2, 0) is 4.79 Å². The van der Waals surface area contributed by atoms with E-state index in [-0.39, 0.29) is 11.9 Å². The maximum Gasteiger partial charge on any atom is 0.242 e. The van der Waals surface area contributed by atoms with Crippen LogP contribution in [0, 0.1) is 0 Å². The van der Waals surface area contributed by atoms with Crippen LogP contribution in [0.2, 0.25) is 0 Å². The highest BCUT2D eigenvalue weighted by Crippen LogP contribution is 2.34. The van der Waals surface area contributed by atoms with Crippen LogP contribution < -0.4 is 5.73 Å². The van der Waals surface area contributed by atoms with Crippen LogP contribution in [0.3, 0.4) is 0 Å². The zero-order chi connectivity index (χ0) is 13.3. The third kappa shape index (κ3) is 2.41. The molecule has 98 valence electrons. The second kappa shape index (κ2) is 4.73.